The number of H-pyrrole nitrogens is 1. The van der Waals surface area contributed by atoms with Gasteiger partial charge in [0, 0.05) is 37.2 Å². The number of aromatic amines is 1. The molecule has 0 unspecified atom stereocenters. The van der Waals surface area contributed by atoms with E-state index in [2.05, 4.69) is 110 Å². The van der Waals surface area contributed by atoms with Gasteiger partial charge in [-0.1, -0.05) is 48.5 Å². The number of halogens is 1. The third-order valence-electron chi connectivity index (χ3n) is 5.40. The number of fused-ring (bicyclic) bond motifs is 6. The largest absolute Gasteiger partial charge is 0.354 e. The Kier molecular flexibility index (Phi) is 3.06. The molecule has 0 bridgehead atoms. The van der Waals surface area contributed by atoms with Gasteiger partial charge in [0.15, 0.2) is 0 Å². The van der Waals surface area contributed by atoms with E-state index in [1.807, 2.05) is 0 Å². The van der Waals surface area contributed by atoms with Crippen molar-refractivity contribution in [3.63, 3.8) is 0 Å². The lowest BCUT2D eigenvalue weighted by molar-refractivity contribution is 1.19. The lowest BCUT2D eigenvalue weighted by Crippen LogP contribution is -1.93. The number of nitrogens with one attached hydrogen (secondary N) is 1. The van der Waals surface area contributed by atoms with Gasteiger partial charge in [0.2, 0.25) is 0 Å². The normalized spacial score (nSPS) is 11.9. The van der Waals surface area contributed by atoms with Crippen LogP contribution in [0.25, 0.3) is 49.3 Å². The van der Waals surface area contributed by atoms with Gasteiger partial charge in [-0.25, -0.2) is 0 Å². The van der Waals surface area contributed by atoms with Crippen molar-refractivity contribution in [3.8, 4) is 5.69 Å². The molecule has 0 amide bonds. The van der Waals surface area contributed by atoms with Gasteiger partial charge in [-0.3, -0.25) is 0 Å². The molecule has 3 heteroatoms. The summed E-state index contributed by atoms with van der Waals surface area (Å²) in [5.74, 6) is 0. The average molecular weight is 411 g/mol. The molecule has 0 aliphatic rings. The van der Waals surface area contributed by atoms with Crippen molar-refractivity contribution in [3.05, 3.63) is 89.4 Å². The number of benzene rings is 4. The topological polar surface area (TPSA) is 20.7 Å². The summed E-state index contributed by atoms with van der Waals surface area (Å²) in [5, 5.41) is 5.05. The zero-order chi connectivity index (χ0) is 18.0. The maximum Gasteiger partial charge on any atom is 0.0609 e. The second-order valence-electron chi connectivity index (χ2n) is 6.89. The van der Waals surface area contributed by atoms with E-state index in [0.717, 1.165) is 15.5 Å². The van der Waals surface area contributed by atoms with E-state index in [-0.39, 0.29) is 0 Å². The molecule has 6 rings (SSSR count). The molecule has 27 heavy (non-hydrogen) atoms. The van der Waals surface area contributed by atoms with Crippen LogP contribution < -0.4 is 0 Å². The number of nitrogens with zero attached hydrogens (tertiary/aromatic N) is 1. The van der Waals surface area contributed by atoms with Crippen molar-refractivity contribution in [1.82, 2.24) is 9.55 Å². The summed E-state index contributed by atoms with van der Waals surface area (Å²) in [7, 11) is 0. The minimum Gasteiger partial charge on any atom is -0.354 e. The molecule has 0 aliphatic carbocycles. The van der Waals surface area contributed by atoms with Gasteiger partial charge in [0.05, 0.1) is 16.6 Å². The van der Waals surface area contributed by atoms with Crippen LogP contribution in [0.1, 0.15) is 0 Å². The first-order chi connectivity index (χ1) is 13.3. The quantitative estimate of drug-likeness (QED) is 0.296. The smallest absolute Gasteiger partial charge is 0.0609 e. The summed E-state index contributed by atoms with van der Waals surface area (Å²) < 4.78 is 3.45. The number of aromatic nitrogens is 2. The summed E-state index contributed by atoms with van der Waals surface area (Å²) in [5.41, 5.74) is 5.95. The summed E-state index contributed by atoms with van der Waals surface area (Å²) in [4.78, 5) is 3.54. The first-order valence-corrected chi connectivity index (χ1v) is 9.79. The Morgan fingerprint density at radius 3 is 2.04 bits per heavy atom. The highest BCUT2D eigenvalue weighted by molar-refractivity contribution is 9.10. The number of para-hydroxylation sites is 3. The summed E-state index contributed by atoms with van der Waals surface area (Å²) in [6.07, 6.45) is 0. The predicted octanol–water partition coefficient (Wildman–Crippen LogP) is 7.18. The second kappa shape index (κ2) is 5.48. The molecule has 0 saturated carbocycles. The molecule has 1 N–H and O–H groups in total. The molecule has 2 heterocycles. The third kappa shape index (κ3) is 2.06. The van der Waals surface area contributed by atoms with Crippen LogP contribution in [0.2, 0.25) is 0 Å². The van der Waals surface area contributed by atoms with Crippen molar-refractivity contribution in [1.29, 1.82) is 0 Å². The SMILES string of the molecule is Brc1cccc2c1[nH]c1ccc(-n3c4ccccc4c4ccccc43)cc12. The van der Waals surface area contributed by atoms with Crippen LogP contribution in [-0.4, -0.2) is 9.55 Å². The van der Waals surface area contributed by atoms with Gasteiger partial charge in [-0.15, -0.1) is 0 Å². The van der Waals surface area contributed by atoms with Crippen LogP contribution in [0.5, 0.6) is 0 Å². The van der Waals surface area contributed by atoms with E-state index in [1.165, 1.54) is 38.3 Å². The molecule has 2 aromatic heterocycles. The molecule has 0 saturated heterocycles. The van der Waals surface area contributed by atoms with E-state index >= 15 is 0 Å². The molecule has 0 radical (unpaired) electrons. The average Bonchev–Trinajstić information content (AvgIpc) is 3.24. The minimum absolute atomic E-state index is 1.09. The molecule has 0 spiro atoms. The van der Waals surface area contributed by atoms with Gasteiger partial charge in [0.25, 0.3) is 0 Å². The van der Waals surface area contributed by atoms with Crippen LogP contribution in [-0.2, 0) is 0 Å². The third-order valence-corrected chi connectivity index (χ3v) is 6.07. The van der Waals surface area contributed by atoms with E-state index in [9.17, 15) is 0 Å². The Balaban J connectivity index is 1.75. The first-order valence-electron chi connectivity index (χ1n) is 9.00. The van der Waals surface area contributed by atoms with Gasteiger partial charge in [0.1, 0.15) is 0 Å². The Labute approximate surface area is 164 Å². The fourth-order valence-electron chi connectivity index (χ4n) is 4.21. The summed E-state index contributed by atoms with van der Waals surface area (Å²) >= 11 is 3.66. The van der Waals surface area contributed by atoms with E-state index in [1.54, 1.807) is 0 Å². The molecule has 0 aliphatic heterocycles. The highest BCUT2D eigenvalue weighted by Crippen LogP contribution is 2.35. The van der Waals surface area contributed by atoms with E-state index in [4.69, 9.17) is 0 Å². The fraction of sp³-hybridized carbons (Fsp3) is 0. The zero-order valence-electron chi connectivity index (χ0n) is 14.4. The highest BCUT2D eigenvalue weighted by Gasteiger charge is 2.13. The van der Waals surface area contributed by atoms with Crippen LogP contribution >= 0.6 is 15.9 Å². The molecule has 0 fully saturated rings. The Bertz CT molecular complexity index is 1430. The Morgan fingerprint density at radius 2 is 1.30 bits per heavy atom. The molecular weight excluding hydrogens is 396 g/mol. The van der Waals surface area contributed by atoms with Crippen LogP contribution in [0.3, 0.4) is 0 Å². The van der Waals surface area contributed by atoms with Crippen molar-refractivity contribution in [2.45, 2.75) is 0 Å². The summed E-state index contributed by atoms with van der Waals surface area (Å²) in [6, 6.07) is 30.3. The molecule has 128 valence electrons. The molecular formula is C24H15BrN2. The van der Waals surface area contributed by atoms with Crippen molar-refractivity contribution < 1.29 is 0 Å². The maximum atomic E-state index is 3.66. The van der Waals surface area contributed by atoms with Crippen LogP contribution in [0.15, 0.2) is 89.4 Å². The van der Waals surface area contributed by atoms with Crippen molar-refractivity contribution in [2.75, 3.05) is 0 Å². The standard InChI is InChI=1S/C24H15BrN2/c25-20-9-5-8-18-19-14-15(12-13-21(19)26-24(18)20)27-22-10-3-1-6-16(22)17-7-2-4-11-23(17)27/h1-14,26H. The van der Waals surface area contributed by atoms with Gasteiger partial charge in [-0.2, -0.15) is 0 Å². The zero-order valence-corrected chi connectivity index (χ0v) is 16.0. The summed E-state index contributed by atoms with van der Waals surface area (Å²) in [6.45, 7) is 0. The molecule has 0 atom stereocenters. The number of hydrogen-bond acceptors (Lipinski definition) is 0. The highest BCUT2D eigenvalue weighted by atomic mass is 79.9. The molecule has 2 nitrogen and oxygen atoms in total. The van der Waals surface area contributed by atoms with Gasteiger partial charge >= 0.3 is 0 Å². The predicted molar refractivity (Wildman–Crippen MR) is 118 cm³/mol. The lowest BCUT2D eigenvalue weighted by atomic mass is 10.1. The fourth-order valence-corrected chi connectivity index (χ4v) is 4.68. The molecule has 6 aromatic rings. The van der Waals surface area contributed by atoms with E-state index < -0.39 is 0 Å². The van der Waals surface area contributed by atoms with Crippen molar-refractivity contribution >= 4 is 59.5 Å². The Hall–Kier alpha value is -3.04. The number of hydrogen-bond donors (Lipinski definition) is 1. The van der Waals surface area contributed by atoms with Gasteiger partial charge < -0.3 is 9.55 Å². The monoisotopic (exact) mass is 410 g/mol. The van der Waals surface area contributed by atoms with Gasteiger partial charge in [-0.05, 0) is 52.3 Å². The Morgan fingerprint density at radius 1 is 0.630 bits per heavy atom. The second-order valence-corrected chi connectivity index (χ2v) is 7.74. The van der Waals surface area contributed by atoms with Crippen LogP contribution in [0.4, 0.5) is 0 Å². The first kappa shape index (κ1) is 15.1. The number of rotatable bonds is 1. The van der Waals surface area contributed by atoms with Crippen LogP contribution in [0, 0.1) is 0 Å². The maximum absolute atomic E-state index is 3.66. The van der Waals surface area contributed by atoms with E-state index in [0.29, 0.717) is 0 Å². The van der Waals surface area contributed by atoms with Crippen molar-refractivity contribution in [2.24, 2.45) is 0 Å². The molecule has 4 aromatic carbocycles. The lowest BCUT2D eigenvalue weighted by Gasteiger charge is -2.08. The minimum atomic E-state index is 1.09.